The smallest absolute Gasteiger partial charge is 0.317 e. The molecule has 0 saturated heterocycles. The summed E-state index contributed by atoms with van der Waals surface area (Å²) in [4.78, 5) is 13.5. The summed E-state index contributed by atoms with van der Waals surface area (Å²) >= 11 is 0. The van der Waals surface area contributed by atoms with Gasteiger partial charge >= 0.3 is 6.03 Å². The summed E-state index contributed by atoms with van der Waals surface area (Å²) in [6, 6.07) is 4.02. The van der Waals surface area contributed by atoms with Crippen LogP contribution in [0.3, 0.4) is 0 Å². The van der Waals surface area contributed by atoms with Gasteiger partial charge in [-0.15, -0.1) is 0 Å². The van der Waals surface area contributed by atoms with Crippen LogP contribution in [0.1, 0.15) is 33.0 Å². The Labute approximate surface area is 103 Å². The first-order valence-electron chi connectivity index (χ1n) is 6.25. The lowest BCUT2D eigenvalue weighted by atomic mass is 10.1. The van der Waals surface area contributed by atoms with E-state index in [1.165, 1.54) is 0 Å². The molecule has 0 saturated carbocycles. The first kappa shape index (κ1) is 13.6. The molecule has 0 aliphatic rings. The predicted molar refractivity (Wildman–Crippen MR) is 67.9 cm³/mol. The summed E-state index contributed by atoms with van der Waals surface area (Å²) in [6.07, 6.45) is 3.42. The average Bonchev–Trinajstić information content (AvgIpc) is 2.81. The first-order valence-corrected chi connectivity index (χ1v) is 6.25. The SMILES string of the molecule is CCN(CC)C(=O)NC(C)CCc1ccco1. The van der Waals surface area contributed by atoms with Crippen LogP contribution in [0.5, 0.6) is 0 Å². The molecule has 1 heterocycles. The van der Waals surface area contributed by atoms with Gasteiger partial charge in [-0.2, -0.15) is 0 Å². The van der Waals surface area contributed by atoms with Gasteiger partial charge in [0.1, 0.15) is 5.76 Å². The molecule has 0 fully saturated rings. The topological polar surface area (TPSA) is 45.5 Å². The molecular formula is C13H22N2O2. The van der Waals surface area contributed by atoms with Gasteiger partial charge in [0.05, 0.1) is 6.26 Å². The van der Waals surface area contributed by atoms with Crippen molar-refractivity contribution in [3.8, 4) is 0 Å². The van der Waals surface area contributed by atoms with Gasteiger partial charge in [-0.3, -0.25) is 0 Å². The number of hydrogen-bond acceptors (Lipinski definition) is 2. The van der Waals surface area contributed by atoms with Crippen LogP contribution in [0.25, 0.3) is 0 Å². The second-order valence-electron chi connectivity index (χ2n) is 4.14. The maximum atomic E-state index is 11.8. The lowest BCUT2D eigenvalue weighted by molar-refractivity contribution is 0.199. The van der Waals surface area contributed by atoms with Crippen LogP contribution in [-0.2, 0) is 6.42 Å². The van der Waals surface area contributed by atoms with Crippen molar-refractivity contribution in [3.05, 3.63) is 24.2 Å². The zero-order valence-electron chi connectivity index (χ0n) is 10.9. The third kappa shape index (κ3) is 4.51. The molecule has 1 aromatic heterocycles. The number of aryl methyl sites for hydroxylation is 1. The van der Waals surface area contributed by atoms with E-state index >= 15 is 0 Å². The Balaban J connectivity index is 2.29. The molecule has 0 aliphatic heterocycles. The van der Waals surface area contributed by atoms with Gasteiger partial charge in [-0.1, -0.05) is 0 Å². The van der Waals surface area contributed by atoms with Gasteiger partial charge in [0, 0.05) is 25.6 Å². The first-order chi connectivity index (χ1) is 8.17. The Hall–Kier alpha value is -1.45. The molecule has 0 radical (unpaired) electrons. The lowest BCUT2D eigenvalue weighted by Crippen LogP contribution is -2.43. The molecule has 1 N–H and O–H groups in total. The van der Waals surface area contributed by atoms with E-state index in [0.717, 1.165) is 31.7 Å². The highest BCUT2D eigenvalue weighted by Gasteiger charge is 2.12. The zero-order chi connectivity index (χ0) is 12.7. The van der Waals surface area contributed by atoms with E-state index in [0.29, 0.717) is 0 Å². The molecule has 0 spiro atoms. The zero-order valence-corrected chi connectivity index (χ0v) is 10.9. The minimum absolute atomic E-state index is 0.0157. The van der Waals surface area contributed by atoms with Gasteiger partial charge in [0.15, 0.2) is 0 Å². The molecule has 1 unspecified atom stereocenters. The number of amides is 2. The van der Waals surface area contributed by atoms with Crippen LogP contribution in [-0.4, -0.2) is 30.1 Å². The summed E-state index contributed by atoms with van der Waals surface area (Å²) in [7, 11) is 0. The highest BCUT2D eigenvalue weighted by atomic mass is 16.3. The van der Waals surface area contributed by atoms with Crippen molar-refractivity contribution < 1.29 is 9.21 Å². The van der Waals surface area contributed by atoms with Crippen LogP contribution in [0.4, 0.5) is 4.79 Å². The third-order valence-corrected chi connectivity index (χ3v) is 2.82. The van der Waals surface area contributed by atoms with Crippen LogP contribution in [0, 0.1) is 0 Å². The van der Waals surface area contributed by atoms with Gasteiger partial charge in [0.2, 0.25) is 0 Å². The number of urea groups is 1. The molecule has 4 nitrogen and oxygen atoms in total. The molecule has 1 aromatic rings. The van der Waals surface area contributed by atoms with E-state index in [-0.39, 0.29) is 12.1 Å². The fourth-order valence-corrected chi connectivity index (χ4v) is 1.70. The fraction of sp³-hybridized carbons (Fsp3) is 0.615. The Morgan fingerprint density at radius 1 is 1.47 bits per heavy atom. The Morgan fingerprint density at radius 3 is 2.71 bits per heavy atom. The monoisotopic (exact) mass is 238 g/mol. The number of carbonyl (C=O) groups excluding carboxylic acids is 1. The lowest BCUT2D eigenvalue weighted by Gasteiger charge is -2.22. The normalized spacial score (nSPS) is 12.2. The summed E-state index contributed by atoms with van der Waals surface area (Å²) in [6.45, 7) is 7.47. The highest BCUT2D eigenvalue weighted by Crippen LogP contribution is 2.06. The summed E-state index contributed by atoms with van der Waals surface area (Å²) in [5, 5.41) is 2.99. The van der Waals surface area contributed by atoms with Crippen molar-refractivity contribution in [2.45, 2.75) is 39.7 Å². The predicted octanol–water partition coefficient (Wildman–Crippen LogP) is 2.65. The summed E-state index contributed by atoms with van der Waals surface area (Å²) < 4.78 is 5.26. The molecule has 17 heavy (non-hydrogen) atoms. The van der Waals surface area contributed by atoms with Gasteiger partial charge in [-0.25, -0.2) is 4.79 Å². The molecule has 1 rings (SSSR count). The number of nitrogens with zero attached hydrogens (tertiary/aromatic N) is 1. The van der Waals surface area contributed by atoms with E-state index < -0.39 is 0 Å². The molecule has 96 valence electrons. The summed E-state index contributed by atoms with van der Waals surface area (Å²) in [5.41, 5.74) is 0. The molecular weight excluding hydrogens is 216 g/mol. The van der Waals surface area contributed by atoms with Crippen LogP contribution < -0.4 is 5.32 Å². The number of nitrogens with one attached hydrogen (secondary N) is 1. The van der Waals surface area contributed by atoms with Crippen molar-refractivity contribution in [1.82, 2.24) is 10.2 Å². The second kappa shape index (κ2) is 6.99. The largest absolute Gasteiger partial charge is 0.469 e. The van der Waals surface area contributed by atoms with E-state index in [9.17, 15) is 4.79 Å². The Bertz CT molecular complexity index is 318. The third-order valence-electron chi connectivity index (χ3n) is 2.82. The minimum Gasteiger partial charge on any atom is -0.469 e. The highest BCUT2D eigenvalue weighted by molar-refractivity contribution is 5.74. The fourth-order valence-electron chi connectivity index (χ4n) is 1.70. The Morgan fingerprint density at radius 2 is 2.18 bits per heavy atom. The summed E-state index contributed by atoms with van der Waals surface area (Å²) in [5.74, 6) is 0.967. The average molecular weight is 238 g/mol. The quantitative estimate of drug-likeness (QED) is 0.828. The van der Waals surface area contributed by atoms with E-state index in [1.807, 2.05) is 32.9 Å². The van der Waals surface area contributed by atoms with Crippen molar-refractivity contribution in [2.24, 2.45) is 0 Å². The molecule has 0 aromatic carbocycles. The van der Waals surface area contributed by atoms with Crippen LogP contribution in [0.2, 0.25) is 0 Å². The molecule has 0 bridgehead atoms. The molecule has 1 atom stereocenters. The van der Waals surface area contributed by atoms with E-state index in [4.69, 9.17) is 4.42 Å². The van der Waals surface area contributed by atoms with Gasteiger partial charge in [-0.05, 0) is 39.3 Å². The van der Waals surface area contributed by atoms with E-state index in [2.05, 4.69) is 5.32 Å². The maximum Gasteiger partial charge on any atom is 0.317 e. The Kier molecular flexibility index (Phi) is 5.60. The van der Waals surface area contributed by atoms with Crippen LogP contribution >= 0.6 is 0 Å². The maximum absolute atomic E-state index is 11.8. The van der Waals surface area contributed by atoms with Crippen molar-refractivity contribution in [3.63, 3.8) is 0 Å². The number of rotatable bonds is 6. The number of hydrogen-bond donors (Lipinski definition) is 1. The van der Waals surface area contributed by atoms with Crippen molar-refractivity contribution in [2.75, 3.05) is 13.1 Å². The van der Waals surface area contributed by atoms with E-state index in [1.54, 1.807) is 11.2 Å². The number of carbonyl (C=O) groups is 1. The van der Waals surface area contributed by atoms with Gasteiger partial charge < -0.3 is 14.6 Å². The van der Waals surface area contributed by atoms with Crippen LogP contribution in [0.15, 0.2) is 22.8 Å². The molecule has 2 amide bonds. The molecule has 4 heteroatoms. The van der Waals surface area contributed by atoms with Crippen molar-refractivity contribution in [1.29, 1.82) is 0 Å². The number of furan rings is 1. The minimum atomic E-state index is 0.0157. The second-order valence-corrected chi connectivity index (χ2v) is 4.14. The van der Waals surface area contributed by atoms with Gasteiger partial charge in [0.25, 0.3) is 0 Å². The molecule has 0 aliphatic carbocycles. The standard InChI is InChI=1S/C13H22N2O2/c1-4-15(5-2)13(16)14-11(3)8-9-12-7-6-10-17-12/h6-7,10-11H,4-5,8-9H2,1-3H3,(H,14,16). The van der Waals surface area contributed by atoms with Crippen molar-refractivity contribution >= 4 is 6.03 Å².